The Morgan fingerprint density at radius 2 is 1.90 bits per heavy atom. The third-order valence-electron chi connectivity index (χ3n) is 2.99. The summed E-state index contributed by atoms with van der Waals surface area (Å²) >= 11 is 0. The Morgan fingerprint density at radius 1 is 1.35 bits per heavy atom. The van der Waals surface area contributed by atoms with E-state index in [1.807, 2.05) is 0 Å². The zero-order valence-corrected chi connectivity index (χ0v) is 12.6. The molecule has 0 aliphatic carbocycles. The number of aliphatic hydroxyl groups excluding tert-OH is 1. The second-order valence-electron chi connectivity index (χ2n) is 4.47. The number of likely N-dealkylation sites (N-methyl/N-ethyl adjacent to an activating group) is 1. The summed E-state index contributed by atoms with van der Waals surface area (Å²) in [5.41, 5.74) is 0.378. The van der Waals surface area contributed by atoms with Crippen molar-refractivity contribution in [3.8, 4) is 0 Å². The molecule has 1 unspecified atom stereocenters. The summed E-state index contributed by atoms with van der Waals surface area (Å²) < 4.78 is 25.9. The summed E-state index contributed by atoms with van der Waals surface area (Å²) in [4.78, 5) is 13.6. The Bertz CT molecular complexity index is 554. The highest BCUT2D eigenvalue weighted by atomic mass is 32.2. The summed E-state index contributed by atoms with van der Waals surface area (Å²) in [7, 11) is -1.92. The smallest absolute Gasteiger partial charge is 0.253 e. The van der Waals surface area contributed by atoms with Gasteiger partial charge in [0.2, 0.25) is 10.0 Å². The van der Waals surface area contributed by atoms with Crippen molar-refractivity contribution in [3.05, 3.63) is 29.8 Å². The molecule has 112 valence electrons. The summed E-state index contributed by atoms with van der Waals surface area (Å²) in [5, 5.41) is 9.03. The Kier molecular flexibility index (Phi) is 5.67. The molecule has 1 aromatic rings. The molecule has 1 rings (SSSR count). The molecule has 0 saturated carbocycles. The van der Waals surface area contributed by atoms with E-state index in [4.69, 9.17) is 5.11 Å². The Labute approximate surface area is 119 Å². The van der Waals surface area contributed by atoms with Crippen molar-refractivity contribution in [1.29, 1.82) is 0 Å². The summed E-state index contributed by atoms with van der Waals surface area (Å²) in [6, 6.07) is 5.42. The van der Waals surface area contributed by atoms with Crippen LogP contribution in [-0.4, -0.2) is 50.6 Å². The monoisotopic (exact) mass is 300 g/mol. The predicted molar refractivity (Wildman–Crippen MR) is 75.9 cm³/mol. The van der Waals surface area contributed by atoms with Crippen LogP contribution in [0.1, 0.15) is 24.2 Å². The molecule has 1 amide bonds. The Morgan fingerprint density at radius 3 is 2.35 bits per heavy atom. The van der Waals surface area contributed by atoms with Crippen LogP contribution in [0, 0.1) is 0 Å². The lowest BCUT2D eigenvalue weighted by Crippen LogP contribution is -2.37. The third kappa shape index (κ3) is 3.78. The highest BCUT2D eigenvalue weighted by Crippen LogP contribution is 2.12. The van der Waals surface area contributed by atoms with Gasteiger partial charge in [0.05, 0.1) is 17.5 Å². The molecule has 0 saturated heterocycles. The number of hydrogen-bond donors (Lipinski definition) is 2. The van der Waals surface area contributed by atoms with E-state index in [-0.39, 0.29) is 23.5 Å². The first-order chi connectivity index (χ1) is 9.33. The molecule has 1 atom stereocenters. The summed E-state index contributed by atoms with van der Waals surface area (Å²) in [6.07, 6.45) is 0. The maximum absolute atomic E-state index is 12.1. The molecule has 0 bridgehead atoms. The lowest BCUT2D eigenvalue weighted by atomic mass is 10.2. The van der Waals surface area contributed by atoms with E-state index in [0.29, 0.717) is 12.1 Å². The minimum atomic E-state index is -3.51. The van der Waals surface area contributed by atoms with Gasteiger partial charge in [-0.25, -0.2) is 13.1 Å². The zero-order chi connectivity index (χ0) is 15.3. The van der Waals surface area contributed by atoms with E-state index in [1.165, 1.54) is 29.2 Å². The average molecular weight is 300 g/mol. The van der Waals surface area contributed by atoms with Gasteiger partial charge in [-0.05, 0) is 31.2 Å². The van der Waals surface area contributed by atoms with Crippen LogP contribution >= 0.6 is 0 Å². The Hall–Kier alpha value is -1.44. The molecule has 6 nitrogen and oxygen atoms in total. The van der Waals surface area contributed by atoms with Crippen LogP contribution in [-0.2, 0) is 10.0 Å². The quantitative estimate of drug-likeness (QED) is 0.798. The predicted octanol–water partition coefficient (Wildman–Crippen LogP) is 0.438. The van der Waals surface area contributed by atoms with E-state index in [2.05, 4.69) is 4.72 Å². The van der Waals surface area contributed by atoms with Gasteiger partial charge in [0, 0.05) is 19.2 Å². The summed E-state index contributed by atoms with van der Waals surface area (Å²) in [6.45, 7) is 3.59. The number of nitrogens with zero attached hydrogens (tertiary/aromatic N) is 1. The normalized spacial score (nSPS) is 13.0. The maximum Gasteiger partial charge on any atom is 0.253 e. The van der Waals surface area contributed by atoms with Crippen LogP contribution in [0.5, 0.6) is 0 Å². The third-order valence-corrected chi connectivity index (χ3v) is 4.55. The van der Waals surface area contributed by atoms with Gasteiger partial charge in [0.25, 0.3) is 5.91 Å². The van der Waals surface area contributed by atoms with Gasteiger partial charge in [0.15, 0.2) is 0 Å². The van der Waals surface area contributed by atoms with Crippen LogP contribution in [0.3, 0.4) is 0 Å². The van der Waals surface area contributed by atoms with Crippen LogP contribution in [0.25, 0.3) is 0 Å². The lowest BCUT2D eigenvalue weighted by Gasteiger charge is -2.23. The molecule has 1 aromatic carbocycles. The number of benzene rings is 1. The molecule has 7 heteroatoms. The van der Waals surface area contributed by atoms with Crippen LogP contribution < -0.4 is 4.72 Å². The Balaban J connectivity index is 2.95. The fourth-order valence-corrected chi connectivity index (χ4v) is 2.62. The number of carbonyl (C=O) groups excluding carboxylic acids is 1. The van der Waals surface area contributed by atoms with E-state index in [9.17, 15) is 13.2 Å². The molecule has 0 radical (unpaired) electrons. The van der Waals surface area contributed by atoms with Crippen molar-refractivity contribution in [3.63, 3.8) is 0 Å². The zero-order valence-electron chi connectivity index (χ0n) is 11.8. The first-order valence-corrected chi connectivity index (χ1v) is 7.79. The van der Waals surface area contributed by atoms with E-state index in [1.54, 1.807) is 20.9 Å². The van der Waals surface area contributed by atoms with Gasteiger partial charge in [0.1, 0.15) is 0 Å². The lowest BCUT2D eigenvalue weighted by molar-refractivity contribution is 0.0682. The average Bonchev–Trinajstić information content (AvgIpc) is 2.45. The van der Waals surface area contributed by atoms with Crippen molar-refractivity contribution >= 4 is 15.9 Å². The van der Waals surface area contributed by atoms with E-state index in [0.717, 1.165) is 0 Å². The number of amides is 1. The molecule has 0 heterocycles. The SMILES string of the molecule is CCNS(=O)(=O)c1ccc(C(=O)N(C)C(C)CO)cc1. The molecule has 0 aliphatic heterocycles. The van der Waals surface area contributed by atoms with Gasteiger partial charge < -0.3 is 10.0 Å². The van der Waals surface area contributed by atoms with E-state index >= 15 is 0 Å². The number of nitrogens with one attached hydrogen (secondary N) is 1. The fourth-order valence-electron chi connectivity index (χ4n) is 1.58. The second kappa shape index (κ2) is 6.83. The molecular weight excluding hydrogens is 280 g/mol. The minimum absolute atomic E-state index is 0.119. The molecule has 20 heavy (non-hydrogen) atoms. The van der Waals surface area contributed by atoms with Crippen LogP contribution in [0.2, 0.25) is 0 Å². The summed E-state index contributed by atoms with van der Waals surface area (Å²) in [5.74, 6) is -0.265. The number of aliphatic hydroxyl groups is 1. The number of rotatable bonds is 6. The van der Waals surface area contributed by atoms with Crippen LogP contribution in [0.15, 0.2) is 29.2 Å². The second-order valence-corrected chi connectivity index (χ2v) is 6.24. The number of carbonyl (C=O) groups is 1. The van der Waals surface area contributed by atoms with Gasteiger partial charge in [-0.15, -0.1) is 0 Å². The standard InChI is InChI=1S/C13H20N2O4S/c1-4-14-20(18,19)12-7-5-11(6-8-12)13(17)15(3)10(2)9-16/h5-8,10,14,16H,4,9H2,1-3H3. The highest BCUT2D eigenvalue weighted by molar-refractivity contribution is 7.89. The first kappa shape index (κ1) is 16.6. The van der Waals surface area contributed by atoms with Crippen molar-refractivity contribution in [2.75, 3.05) is 20.2 Å². The highest BCUT2D eigenvalue weighted by Gasteiger charge is 2.18. The molecule has 2 N–H and O–H groups in total. The fraction of sp³-hybridized carbons (Fsp3) is 0.462. The van der Waals surface area contributed by atoms with Gasteiger partial charge in [-0.3, -0.25) is 4.79 Å². The van der Waals surface area contributed by atoms with Crippen molar-refractivity contribution in [2.24, 2.45) is 0 Å². The molecule has 0 fully saturated rings. The number of sulfonamides is 1. The molecule has 0 spiro atoms. The largest absolute Gasteiger partial charge is 0.394 e. The molecule has 0 aromatic heterocycles. The topological polar surface area (TPSA) is 86.7 Å². The van der Waals surface area contributed by atoms with Crippen molar-refractivity contribution in [1.82, 2.24) is 9.62 Å². The molecule has 0 aliphatic rings. The van der Waals surface area contributed by atoms with E-state index < -0.39 is 10.0 Å². The maximum atomic E-state index is 12.1. The minimum Gasteiger partial charge on any atom is -0.394 e. The van der Waals surface area contributed by atoms with Gasteiger partial charge >= 0.3 is 0 Å². The molecular formula is C13H20N2O4S. The number of hydrogen-bond acceptors (Lipinski definition) is 4. The van der Waals surface area contributed by atoms with Crippen molar-refractivity contribution < 1.29 is 18.3 Å². The first-order valence-electron chi connectivity index (χ1n) is 6.31. The van der Waals surface area contributed by atoms with Crippen molar-refractivity contribution in [2.45, 2.75) is 24.8 Å². The van der Waals surface area contributed by atoms with Crippen LogP contribution in [0.4, 0.5) is 0 Å². The van der Waals surface area contributed by atoms with Gasteiger partial charge in [-0.1, -0.05) is 6.92 Å². The van der Waals surface area contributed by atoms with Gasteiger partial charge in [-0.2, -0.15) is 0 Å².